The summed E-state index contributed by atoms with van der Waals surface area (Å²) in [6.07, 6.45) is 2.01. The molecular formula is C14H22N2OS. The Morgan fingerprint density at radius 2 is 2.06 bits per heavy atom. The minimum absolute atomic E-state index is 0.0413. The number of anilines is 1. The third-order valence-corrected chi connectivity index (χ3v) is 3.27. The first-order valence-electron chi connectivity index (χ1n) is 6.14. The summed E-state index contributed by atoms with van der Waals surface area (Å²) >= 11 is 1.64. The van der Waals surface area contributed by atoms with Crippen LogP contribution in [0.3, 0.4) is 0 Å². The van der Waals surface area contributed by atoms with E-state index in [0.29, 0.717) is 12.5 Å². The lowest BCUT2D eigenvalue weighted by atomic mass is 10.2. The second-order valence-electron chi connectivity index (χ2n) is 4.84. The fourth-order valence-corrected chi connectivity index (χ4v) is 2.42. The van der Waals surface area contributed by atoms with Crippen LogP contribution in [0.1, 0.15) is 13.8 Å². The number of hydrogen-bond donors (Lipinski definition) is 1. The van der Waals surface area contributed by atoms with Crippen molar-refractivity contribution < 1.29 is 4.79 Å². The van der Waals surface area contributed by atoms with E-state index in [1.165, 1.54) is 0 Å². The maximum absolute atomic E-state index is 11.9. The van der Waals surface area contributed by atoms with Crippen molar-refractivity contribution in [1.82, 2.24) is 4.90 Å². The van der Waals surface area contributed by atoms with Gasteiger partial charge in [-0.2, -0.15) is 0 Å². The molecule has 1 aromatic rings. The molecule has 1 aromatic carbocycles. The second kappa shape index (κ2) is 7.44. The van der Waals surface area contributed by atoms with Crippen LogP contribution in [0.25, 0.3) is 0 Å². The second-order valence-corrected chi connectivity index (χ2v) is 5.69. The summed E-state index contributed by atoms with van der Waals surface area (Å²) in [7, 11) is 1.97. The molecule has 0 aromatic heterocycles. The van der Waals surface area contributed by atoms with E-state index in [1.807, 2.05) is 42.5 Å². The smallest absolute Gasteiger partial charge is 0.238 e. The Kier molecular flexibility index (Phi) is 6.22. The van der Waals surface area contributed by atoms with Gasteiger partial charge in [-0.25, -0.2) is 0 Å². The van der Waals surface area contributed by atoms with Crippen molar-refractivity contribution in [1.29, 1.82) is 0 Å². The Bertz CT molecular complexity index is 393. The fourth-order valence-electron chi connectivity index (χ4n) is 1.87. The summed E-state index contributed by atoms with van der Waals surface area (Å²) in [6, 6.07) is 7.86. The SMILES string of the molecule is CSc1ccccc1NC(=O)CN(C)CC(C)C. The van der Waals surface area contributed by atoms with Crippen LogP contribution in [0, 0.1) is 5.92 Å². The lowest BCUT2D eigenvalue weighted by molar-refractivity contribution is -0.117. The molecule has 0 atom stereocenters. The number of para-hydroxylation sites is 1. The molecule has 0 bridgehead atoms. The van der Waals surface area contributed by atoms with Gasteiger partial charge in [0.15, 0.2) is 0 Å². The zero-order chi connectivity index (χ0) is 13.5. The van der Waals surface area contributed by atoms with E-state index in [-0.39, 0.29) is 5.91 Å². The Morgan fingerprint density at radius 1 is 1.39 bits per heavy atom. The number of amides is 1. The first kappa shape index (κ1) is 15.1. The van der Waals surface area contributed by atoms with Crippen molar-refractivity contribution in [2.24, 2.45) is 5.92 Å². The van der Waals surface area contributed by atoms with Gasteiger partial charge in [-0.05, 0) is 31.4 Å². The van der Waals surface area contributed by atoms with Crippen molar-refractivity contribution in [2.45, 2.75) is 18.7 Å². The predicted octanol–water partition coefficient (Wildman–Crippen LogP) is 2.93. The average molecular weight is 266 g/mol. The Balaban J connectivity index is 2.54. The van der Waals surface area contributed by atoms with Crippen molar-refractivity contribution >= 4 is 23.4 Å². The van der Waals surface area contributed by atoms with Gasteiger partial charge in [0.1, 0.15) is 0 Å². The molecule has 0 heterocycles. The van der Waals surface area contributed by atoms with Gasteiger partial charge in [-0.15, -0.1) is 11.8 Å². The van der Waals surface area contributed by atoms with E-state index in [4.69, 9.17) is 0 Å². The Labute approximate surface area is 114 Å². The van der Waals surface area contributed by atoms with Gasteiger partial charge < -0.3 is 5.32 Å². The molecule has 1 amide bonds. The number of thioether (sulfide) groups is 1. The zero-order valence-electron chi connectivity index (χ0n) is 11.6. The molecule has 0 unspecified atom stereocenters. The molecule has 0 saturated carbocycles. The molecule has 0 spiro atoms. The van der Waals surface area contributed by atoms with Gasteiger partial charge in [0, 0.05) is 11.4 Å². The van der Waals surface area contributed by atoms with E-state index >= 15 is 0 Å². The van der Waals surface area contributed by atoms with Crippen molar-refractivity contribution in [3.05, 3.63) is 24.3 Å². The number of carbonyl (C=O) groups is 1. The number of likely N-dealkylation sites (N-methyl/N-ethyl adjacent to an activating group) is 1. The molecule has 1 rings (SSSR count). The summed E-state index contributed by atoms with van der Waals surface area (Å²) in [5, 5.41) is 2.96. The number of nitrogens with one attached hydrogen (secondary N) is 1. The molecule has 0 saturated heterocycles. The van der Waals surface area contributed by atoms with Crippen molar-refractivity contribution in [3.8, 4) is 0 Å². The molecule has 4 heteroatoms. The molecule has 0 aliphatic heterocycles. The minimum atomic E-state index is 0.0413. The highest BCUT2D eigenvalue weighted by Crippen LogP contribution is 2.24. The van der Waals surface area contributed by atoms with Gasteiger partial charge in [0.25, 0.3) is 0 Å². The molecule has 100 valence electrons. The number of benzene rings is 1. The maximum Gasteiger partial charge on any atom is 0.238 e. The van der Waals surface area contributed by atoms with Crippen molar-refractivity contribution in [2.75, 3.05) is 31.7 Å². The van der Waals surface area contributed by atoms with Gasteiger partial charge in [0.05, 0.1) is 12.2 Å². The topological polar surface area (TPSA) is 32.3 Å². The Hall–Kier alpha value is -1.00. The first-order chi connectivity index (χ1) is 8.52. The highest BCUT2D eigenvalue weighted by atomic mass is 32.2. The molecule has 0 aliphatic carbocycles. The molecule has 18 heavy (non-hydrogen) atoms. The molecule has 3 nitrogen and oxygen atoms in total. The number of carbonyl (C=O) groups excluding carboxylic acids is 1. The van der Waals surface area contributed by atoms with E-state index < -0.39 is 0 Å². The lowest BCUT2D eigenvalue weighted by Gasteiger charge is -2.18. The third kappa shape index (κ3) is 5.10. The predicted molar refractivity (Wildman–Crippen MR) is 79.2 cm³/mol. The van der Waals surface area contributed by atoms with Crippen LogP contribution in [0.5, 0.6) is 0 Å². The summed E-state index contributed by atoms with van der Waals surface area (Å²) in [4.78, 5) is 15.0. The van der Waals surface area contributed by atoms with Crippen LogP contribution in [0.15, 0.2) is 29.2 Å². The lowest BCUT2D eigenvalue weighted by Crippen LogP contribution is -2.32. The number of rotatable bonds is 6. The summed E-state index contributed by atoms with van der Waals surface area (Å²) in [6.45, 7) is 5.66. The zero-order valence-corrected chi connectivity index (χ0v) is 12.4. The first-order valence-corrected chi connectivity index (χ1v) is 7.36. The van der Waals surface area contributed by atoms with Crippen LogP contribution in [0.4, 0.5) is 5.69 Å². The van der Waals surface area contributed by atoms with Crippen LogP contribution in [-0.2, 0) is 4.79 Å². The number of nitrogens with zero attached hydrogens (tertiary/aromatic N) is 1. The number of hydrogen-bond acceptors (Lipinski definition) is 3. The quantitative estimate of drug-likeness (QED) is 0.804. The third-order valence-electron chi connectivity index (χ3n) is 2.47. The van der Waals surface area contributed by atoms with Crippen LogP contribution >= 0.6 is 11.8 Å². The monoisotopic (exact) mass is 266 g/mol. The molecule has 0 aliphatic rings. The summed E-state index contributed by atoms with van der Waals surface area (Å²) < 4.78 is 0. The van der Waals surface area contributed by atoms with Gasteiger partial charge >= 0.3 is 0 Å². The van der Waals surface area contributed by atoms with E-state index in [0.717, 1.165) is 17.1 Å². The van der Waals surface area contributed by atoms with Gasteiger partial charge in [0.2, 0.25) is 5.91 Å². The maximum atomic E-state index is 11.9. The molecule has 0 fully saturated rings. The Morgan fingerprint density at radius 3 is 2.67 bits per heavy atom. The normalized spacial score (nSPS) is 11.0. The standard InChI is InChI=1S/C14H22N2OS/c1-11(2)9-16(3)10-14(17)15-12-7-5-6-8-13(12)18-4/h5-8,11H,9-10H2,1-4H3,(H,15,17). The highest BCUT2D eigenvalue weighted by Gasteiger charge is 2.09. The highest BCUT2D eigenvalue weighted by molar-refractivity contribution is 7.98. The molecule has 1 N–H and O–H groups in total. The summed E-state index contributed by atoms with van der Waals surface area (Å²) in [5.41, 5.74) is 0.896. The van der Waals surface area contributed by atoms with E-state index in [9.17, 15) is 4.79 Å². The van der Waals surface area contributed by atoms with Gasteiger partial charge in [-0.1, -0.05) is 26.0 Å². The van der Waals surface area contributed by atoms with E-state index in [1.54, 1.807) is 11.8 Å². The van der Waals surface area contributed by atoms with Crippen molar-refractivity contribution in [3.63, 3.8) is 0 Å². The fraction of sp³-hybridized carbons (Fsp3) is 0.500. The molecule has 0 radical (unpaired) electrons. The largest absolute Gasteiger partial charge is 0.324 e. The van der Waals surface area contributed by atoms with Crippen LogP contribution in [-0.4, -0.2) is 37.2 Å². The van der Waals surface area contributed by atoms with Crippen LogP contribution < -0.4 is 5.32 Å². The molecular weight excluding hydrogens is 244 g/mol. The van der Waals surface area contributed by atoms with Crippen LogP contribution in [0.2, 0.25) is 0 Å². The van der Waals surface area contributed by atoms with Gasteiger partial charge in [-0.3, -0.25) is 9.69 Å². The average Bonchev–Trinajstić information content (AvgIpc) is 2.28. The summed E-state index contributed by atoms with van der Waals surface area (Å²) in [5.74, 6) is 0.612. The minimum Gasteiger partial charge on any atom is -0.324 e. The van der Waals surface area contributed by atoms with E-state index in [2.05, 4.69) is 19.2 Å².